The van der Waals surface area contributed by atoms with Crippen LogP contribution in [0.1, 0.15) is 43.2 Å². The lowest BCUT2D eigenvalue weighted by molar-refractivity contribution is -0.137. The molecule has 0 aliphatic heterocycles. The molecule has 5 rings (SSSR count). The molecule has 0 aliphatic carbocycles. The number of nitrogens with zero attached hydrogens (tertiary/aromatic N) is 3. The van der Waals surface area contributed by atoms with Gasteiger partial charge < -0.3 is 30.6 Å². The van der Waals surface area contributed by atoms with E-state index in [4.69, 9.17) is 4.74 Å². The van der Waals surface area contributed by atoms with Crippen LogP contribution in [0.3, 0.4) is 0 Å². The minimum atomic E-state index is -1.23. The van der Waals surface area contributed by atoms with Gasteiger partial charge in [0.1, 0.15) is 23.7 Å². The second-order valence-electron chi connectivity index (χ2n) is 13.9. The number of fused-ring (bicyclic) bond motifs is 1. The van der Waals surface area contributed by atoms with E-state index < -0.39 is 41.6 Å². The fourth-order valence-electron chi connectivity index (χ4n) is 6.03. The van der Waals surface area contributed by atoms with Gasteiger partial charge in [0.25, 0.3) is 0 Å². The van der Waals surface area contributed by atoms with Gasteiger partial charge in [-0.15, -0.1) is 0 Å². The topological polar surface area (TPSA) is 168 Å². The molecule has 4 N–H and O–H groups in total. The van der Waals surface area contributed by atoms with Gasteiger partial charge in [0, 0.05) is 56.3 Å². The van der Waals surface area contributed by atoms with Crippen molar-refractivity contribution in [1.82, 2.24) is 35.4 Å². The number of benzene rings is 3. The van der Waals surface area contributed by atoms with Crippen molar-refractivity contribution in [2.45, 2.75) is 70.3 Å². The zero-order valence-corrected chi connectivity index (χ0v) is 30.2. The minimum Gasteiger partial charge on any atom is -0.444 e. The Morgan fingerprint density at radius 3 is 2.04 bits per heavy atom. The smallest absolute Gasteiger partial charge is 0.408 e. The Labute approximate surface area is 308 Å². The third-order valence-electron chi connectivity index (χ3n) is 8.52. The fourth-order valence-corrected chi connectivity index (χ4v) is 6.03. The summed E-state index contributed by atoms with van der Waals surface area (Å²) in [6.45, 7) is 5.43. The lowest BCUT2D eigenvalue weighted by Gasteiger charge is -2.28. The van der Waals surface area contributed by atoms with Gasteiger partial charge >= 0.3 is 6.09 Å². The molecule has 53 heavy (non-hydrogen) atoms. The number of H-pyrrole nitrogens is 1. The van der Waals surface area contributed by atoms with E-state index in [9.17, 15) is 24.0 Å². The molecule has 276 valence electrons. The summed E-state index contributed by atoms with van der Waals surface area (Å²) in [5.41, 5.74) is 2.73. The number of aromatic amines is 1. The minimum absolute atomic E-state index is 0.0171. The number of likely N-dealkylation sites (N-methyl/N-ethyl adjacent to an activating group) is 1. The van der Waals surface area contributed by atoms with Gasteiger partial charge in [-0.3, -0.25) is 23.7 Å². The molecule has 4 amide bonds. The van der Waals surface area contributed by atoms with E-state index in [2.05, 4.69) is 25.9 Å². The monoisotopic (exact) mass is 719 g/mol. The number of para-hydroxylation sites is 1. The molecule has 0 radical (unpaired) electrons. The molecule has 3 atom stereocenters. The van der Waals surface area contributed by atoms with E-state index in [1.807, 2.05) is 72.8 Å². The molecule has 2 aromatic heterocycles. The van der Waals surface area contributed by atoms with Gasteiger partial charge in [0.05, 0.1) is 11.8 Å². The van der Waals surface area contributed by atoms with E-state index >= 15 is 0 Å². The summed E-state index contributed by atoms with van der Waals surface area (Å²) in [4.78, 5) is 75.9. The maximum Gasteiger partial charge on any atom is 0.408 e. The van der Waals surface area contributed by atoms with Gasteiger partial charge in [-0.1, -0.05) is 78.9 Å². The quantitative estimate of drug-likeness (QED) is 0.119. The summed E-state index contributed by atoms with van der Waals surface area (Å²) >= 11 is 0. The van der Waals surface area contributed by atoms with Crippen LogP contribution in [-0.4, -0.2) is 80.4 Å². The summed E-state index contributed by atoms with van der Waals surface area (Å²) in [7, 11) is 1.68. The van der Waals surface area contributed by atoms with E-state index in [0.717, 1.165) is 11.1 Å². The van der Waals surface area contributed by atoms with Crippen LogP contribution >= 0.6 is 0 Å². The number of ether oxygens (including phenoxy) is 1. The number of hydrogen-bond donors (Lipinski definition) is 4. The molecule has 0 saturated carbocycles. The summed E-state index contributed by atoms with van der Waals surface area (Å²) in [5.74, 6) is -1.62. The van der Waals surface area contributed by atoms with Crippen molar-refractivity contribution in [1.29, 1.82) is 0 Å². The maximum atomic E-state index is 14.4. The SMILES string of the molecule is CN(Cc1ccccc1)C(=O)[C@H](Cc1ccccc1)NC(=O)[C@@H](Cc1cn(C=O)c2ccccc12)NC(=O)[C@H](Cc1cnc[nH]1)NC(=O)OC(C)(C)C. The molecule has 13 heteroatoms. The van der Waals surface area contributed by atoms with Crippen molar-refractivity contribution in [2.75, 3.05) is 7.05 Å². The number of rotatable bonds is 15. The molecule has 0 spiro atoms. The Hall–Kier alpha value is -6.24. The highest BCUT2D eigenvalue weighted by molar-refractivity contribution is 5.95. The van der Waals surface area contributed by atoms with E-state index in [0.29, 0.717) is 35.1 Å². The molecular formula is C40H45N7O6. The van der Waals surface area contributed by atoms with Crippen LogP contribution in [0.5, 0.6) is 0 Å². The molecule has 13 nitrogen and oxygen atoms in total. The summed E-state index contributed by atoms with van der Waals surface area (Å²) < 4.78 is 6.85. The van der Waals surface area contributed by atoms with Crippen molar-refractivity contribution in [3.05, 3.63) is 126 Å². The zero-order chi connectivity index (χ0) is 38.0. The summed E-state index contributed by atoms with van der Waals surface area (Å²) in [6, 6.07) is 22.7. The van der Waals surface area contributed by atoms with Crippen LogP contribution in [0, 0.1) is 0 Å². The largest absolute Gasteiger partial charge is 0.444 e. The number of aromatic nitrogens is 3. The van der Waals surface area contributed by atoms with Crippen LogP contribution < -0.4 is 16.0 Å². The average Bonchev–Trinajstić information content (AvgIpc) is 3.78. The first-order valence-electron chi connectivity index (χ1n) is 17.3. The summed E-state index contributed by atoms with van der Waals surface area (Å²) in [5, 5.41) is 9.11. The van der Waals surface area contributed by atoms with E-state index in [1.165, 1.54) is 17.1 Å². The molecule has 0 fully saturated rings. The Morgan fingerprint density at radius 2 is 1.42 bits per heavy atom. The maximum absolute atomic E-state index is 14.4. The number of carbonyl (C=O) groups is 5. The van der Waals surface area contributed by atoms with Crippen LogP contribution in [0.25, 0.3) is 10.9 Å². The van der Waals surface area contributed by atoms with Gasteiger partial charge in [-0.05, 0) is 43.5 Å². The first-order chi connectivity index (χ1) is 25.4. The number of imidazole rings is 1. The number of hydrogen-bond acceptors (Lipinski definition) is 7. The van der Waals surface area contributed by atoms with Crippen LogP contribution in [-0.2, 0) is 49.7 Å². The zero-order valence-electron chi connectivity index (χ0n) is 30.2. The van der Waals surface area contributed by atoms with Crippen molar-refractivity contribution in [3.8, 4) is 0 Å². The first-order valence-corrected chi connectivity index (χ1v) is 17.3. The molecule has 2 heterocycles. The standard InChI is InChI=1S/C40H45N7O6/c1-40(2,3)53-39(52)45-33(21-30-22-41-25-42-30)37(50)43-32(20-29-24-47(26-48)35-18-12-11-17-31(29)35)36(49)44-34(19-27-13-7-5-8-14-27)38(51)46(4)23-28-15-9-6-10-16-28/h5-18,22,24-26,32-34H,19-21,23H2,1-4H3,(H,41,42)(H,43,50)(H,44,49)(H,45,52)/t32-,33+,34+/m1/s1. The van der Waals surface area contributed by atoms with Crippen LogP contribution in [0.15, 0.2) is 104 Å². The highest BCUT2D eigenvalue weighted by Gasteiger charge is 2.33. The second-order valence-corrected chi connectivity index (χ2v) is 13.9. The molecule has 0 saturated heterocycles. The first kappa shape index (κ1) is 38.0. The second kappa shape index (κ2) is 17.3. The van der Waals surface area contributed by atoms with Crippen LogP contribution in [0.4, 0.5) is 4.79 Å². The van der Waals surface area contributed by atoms with Crippen molar-refractivity contribution in [3.63, 3.8) is 0 Å². The van der Waals surface area contributed by atoms with Crippen molar-refractivity contribution < 1.29 is 28.7 Å². The molecular weight excluding hydrogens is 674 g/mol. The third kappa shape index (κ3) is 10.6. The lowest BCUT2D eigenvalue weighted by atomic mass is 10.0. The number of nitrogens with one attached hydrogen (secondary N) is 4. The molecule has 0 bridgehead atoms. The van der Waals surface area contributed by atoms with Gasteiger partial charge in [-0.25, -0.2) is 9.78 Å². The normalized spacial score (nSPS) is 13.0. The Balaban J connectivity index is 1.46. The van der Waals surface area contributed by atoms with Gasteiger partial charge in [0.15, 0.2) is 0 Å². The molecule has 0 unspecified atom stereocenters. The Kier molecular flexibility index (Phi) is 12.4. The van der Waals surface area contributed by atoms with E-state index in [1.54, 1.807) is 51.0 Å². The lowest BCUT2D eigenvalue weighted by Crippen LogP contribution is -2.58. The molecule has 0 aliphatic rings. The third-order valence-corrected chi connectivity index (χ3v) is 8.52. The average molecular weight is 720 g/mol. The predicted octanol–water partition coefficient (Wildman–Crippen LogP) is 3.95. The highest BCUT2D eigenvalue weighted by Crippen LogP contribution is 2.22. The number of alkyl carbamates (subject to hydrolysis) is 1. The number of amides is 4. The van der Waals surface area contributed by atoms with Gasteiger partial charge in [-0.2, -0.15) is 0 Å². The van der Waals surface area contributed by atoms with Crippen LogP contribution in [0.2, 0.25) is 0 Å². The molecule has 3 aromatic carbocycles. The van der Waals surface area contributed by atoms with Gasteiger partial charge in [0.2, 0.25) is 24.1 Å². The molecule has 5 aromatic rings. The van der Waals surface area contributed by atoms with Crippen molar-refractivity contribution >= 4 is 41.1 Å². The summed E-state index contributed by atoms with van der Waals surface area (Å²) in [6.07, 6.45) is 4.63. The predicted molar refractivity (Wildman–Crippen MR) is 200 cm³/mol. The van der Waals surface area contributed by atoms with Crippen molar-refractivity contribution in [2.24, 2.45) is 0 Å². The highest BCUT2D eigenvalue weighted by atomic mass is 16.6. The van der Waals surface area contributed by atoms with E-state index in [-0.39, 0.29) is 25.2 Å². The Morgan fingerprint density at radius 1 is 0.811 bits per heavy atom. The fraction of sp³-hybridized carbons (Fsp3) is 0.300. The Bertz CT molecular complexity index is 2010. The number of carbonyl (C=O) groups excluding carboxylic acids is 5.